The highest BCUT2D eigenvalue weighted by atomic mass is 35.5. The Labute approximate surface area is 193 Å². The molecule has 0 unspecified atom stereocenters. The van der Waals surface area contributed by atoms with E-state index in [-0.39, 0.29) is 15.8 Å². The number of nitrogens with zero attached hydrogens (tertiary/aromatic N) is 4. The van der Waals surface area contributed by atoms with Gasteiger partial charge in [0.25, 0.3) is 0 Å². The third-order valence-corrected chi connectivity index (χ3v) is 7.43. The molecule has 1 aliphatic carbocycles. The predicted octanol–water partition coefficient (Wildman–Crippen LogP) is 3.52. The van der Waals surface area contributed by atoms with E-state index in [0.717, 1.165) is 32.1 Å². The maximum absolute atomic E-state index is 13.3. The summed E-state index contributed by atoms with van der Waals surface area (Å²) < 4.78 is 23.9. The van der Waals surface area contributed by atoms with E-state index in [1.165, 1.54) is 36.1 Å². The van der Waals surface area contributed by atoms with Crippen LogP contribution in [0.5, 0.6) is 0 Å². The molecule has 2 aliphatic rings. The minimum Gasteiger partial charge on any atom is -0.367 e. The first-order chi connectivity index (χ1) is 15.3. The molecule has 4 rings (SSSR count). The number of aliphatic imine (C=N–C) groups is 1. The van der Waals surface area contributed by atoms with E-state index < -0.39 is 9.84 Å². The molecule has 1 aliphatic heterocycles. The minimum atomic E-state index is -3.48. The second-order valence-corrected chi connectivity index (χ2v) is 10.6. The van der Waals surface area contributed by atoms with Crippen LogP contribution in [-0.2, 0) is 14.6 Å². The van der Waals surface area contributed by atoms with Crippen molar-refractivity contribution in [1.29, 1.82) is 0 Å². The van der Waals surface area contributed by atoms with Crippen LogP contribution in [0.2, 0.25) is 5.02 Å². The van der Waals surface area contributed by atoms with Crippen LogP contribution >= 0.6 is 11.6 Å². The van der Waals surface area contributed by atoms with Crippen molar-refractivity contribution in [2.45, 2.75) is 43.4 Å². The molecule has 0 spiro atoms. The molecule has 2 aromatic rings. The van der Waals surface area contributed by atoms with Gasteiger partial charge in [-0.05, 0) is 30.5 Å². The molecule has 10 heteroatoms. The summed E-state index contributed by atoms with van der Waals surface area (Å²) in [6.07, 6.45) is 10.1. The van der Waals surface area contributed by atoms with E-state index in [1.807, 2.05) is 0 Å². The lowest BCUT2D eigenvalue weighted by Gasteiger charge is -2.23. The first kappa shape index (κ1) is 22.7. The fourth-order valence-electron chi connectivity index (χ4n) is 4.20. The molecule has 0 saturated heterocycles. The van der Waals surface area contributed by atoms with E-state index in [4.69, 9.17) is 11.6 Å². The number of rotatable bonds is 7. The van der Waals surface area contributed by atoms with E-state index in [1.54, 1.807) is 12.3 Å². The molecule has 1 aromatic carbocycles. The Morgan fingerprint density at radius 1 is 1.22 bits per heavy atom. The highest BCUT2D eigenvalue weighted by molar-refractivity contribution is 7.90. The number of nitrogens with one attached hydrogen (secondary N) is 1. The summed E-state index contributed by atoms with van der Waals surface area (Å²) in [6, 6.07) is 4.49. The predicted molar refractivity (Wildman–Crippen MR) is 124 cm³/mol. The molecule has 2 heterocycles. The van der Waals surface area contributed by atoms with Crippen molar-refractivity contribution in [3.05, 3.63) is 41.3 Å². The molecular formula is C22H26ClN5O3S. The Morgan fingerprint density at radius 2 is 2.00 bits per heavy atom. The number of benzene rings is 1. The van der Waals surface area contributed by atoms with Crippen molar-refractivity contribution in [3.8, 4) is 0 Å². The van der Waals surface area contributed by atoms with Gasteiger partial charge in [0.2, 0.25) is 5.91 Å². The number of hydrogen-bond acceptors (Lipinski definition) is 7. The Hall–Kier alpha value is -2.52. The summed E-state index contributed by atoms with van der Waals surface area (Å²) in [5, 5.41) is 3.21. The molecule has 170 valence electrons. The van der Waals surface area contributed by atoms with Crippen LogP contribution in [-0.4, -0.2) is 49.5 Å². The van der Waals surface area contributed by atoms with Crippen molar-refractivity contribution in [2.75, 3.05) is 24.2 Å². The van der Waals surface area contributed by atoms with Crippen LogP contribution in [0.4, 0.5) is 11.5 Å². The van der Waals surface area contributed by atoms with Crippen molar-refractivity contribution in [2.24, 2.45) is 10.9 Å². The van der Waals surface area contributed by atoms with Crippen molar-refractivity contribution < 1.29 is 13.2 Å². The second kappa shape index (κ2) is 9.54. The van der Waals surface area contributed by atoms with Crippen LogP contribution in [0.25, 0.3) is 0 Å². The Bertz CT molecular complexity index is 1130. The SMILES string of the molecule is CS(=O)(=O)c1ccc(N(C(=O)CCC2CCCC2)c2cnc(C3=NCCN3)cn2)cc1Cl. The highest BCUT2D eigenvalue weighted by Crippen LogP contribution is 2.33. The minimum absolute atomic E-state index is 0.0213. The average molecular weight is 476 g/mol. The summed E-state index contributed by atoms with van der Waals surface area (Å²) in [4.78, 5) is 28.0. The first-order valence-electron chi connectivity index (χ1n) is 10.8. The average Bonchev–Trinajstić information content (AvgIpc) is 3.46. The highest BCUT2D eigenvalue weighted by Gasteiger charge is 2.24. The number of carbonyl (C=O) groups is 1. The molecule has 1 amide bonds. The van der Waals surface area contributed by atoms with Crippen molar-refractivity contribution in [1.82, 2.24) is 15.3 Å². The van der Waals surface area contributed by atoms with E-state index >= 15 is 0 Å². The van der Waals surface area contributed by atoms with E-state index in [2.05, 4.69) is 20.3 Å². The lowest BCUT2D eigenvalue weighted by atomic mass is 10.0. The van der Waals surface area contributed by atoms with Gasteiger partial charge in [0.15, 0.2) is 15.7 Å². The van der Waals surface area contributed by atoms with Crippen LogP contribution in [0, 0.1) is 5.92 Å². The summed E-state index contributed by atoms with van der Waals surface area (Å²) in [7, 11) is -3.48. The van der Waals surface area contributed by atoms with Crippen molar-refractivity contribution in [3.63, 3.8) is 0 Å². The van der Waals surface area contributed by atoms with Gasteiger partial charge in [-0.2, -0.15) is 0 Å². The standard InChI is InChI=1S/C22H26ClN5O3S/c1-32(30,31)19-8-7-16(12-17(19)23)28(21(29)9-6-15-4-2-3-5-15)20-14-26-18(13-27-20)22-24-10-11-25-22/h7-8,12-15H,2-6,9-11H2,1H3,(H,24,25). The number of halogens is 1. The summed E-state index contributed by atoms with van der Waals surface area (Å²) >= 11 is 6.27. The van der Waals surface area contributed by atoms with Gasteiger partial charge in [-0.25, -0.2) is 18.4 Å². The Kier molecular flexibility index (Phi) is 6.76. The fraction of sp³-hybridized carbons (Fsp3) is 0.455. The van der Waals surface area contributed by atoms with Crippen molar-refractivity contribution >= 4 is 44.7 Å². The third-order valence-electron chi connectivity index (χ3n) is 5.85. The molecule has 1 aromatic heterocycles. The maximum Gasteiger partial charge on any atom is 0.232 e. The number of aromatic nitrogens is 2. The number of amidine groups is 1. The molecular weight excluding hydrogens is 450 g/mol. The summed E-state index contributed by atoms with van der Waals surface area (Å²) in [5.41, 5.74) is 1.06. The monoisotopic (exact) mass is 475 g/mol. The van der Waals surface area contributed by atoms with Gasteiger partial charge in [0.05, 0.1) is 34.5 Å². The molecule has 0 bridgehead atoms. The smallest absolute Gasteiger partial charge is 0.232 e. The molecule has 1 N–H and O–H groups in total. The number of carbonyl (C=O) groups excluding carboxylic acids is 1. The zero-order valence-corrected chi connectivity index (χ0v) is 19.5. The second-order valence-electron chi connectivity index (χ2n) is 8.22. The van der Waals surface area contributed by atoms with Gasteiger partial charge in [-0.1, -0.05) is 37.3 Å². The quantitative estimate of drug-likeness (QED) is 0.656. The molecule has 1 fully saturated rings. The number of hydrogen-bond donors (Lipinski definition) is 1. The Balaban J connectivity index is 1.64. The lowest BCUT2D eigenvalue weighted by Crippen LogP contribution is -2.28. The third kappa shape index (κ3) is 5.10. The van der Waals surface area contributed by atoms with Gasteiger partial charge in [-0.15, -0.1) is 0 Å². The topological polar surface area (TPSA) is 105 Å². The summed E-state index contributed by atoms with van der Waals surface area (Å²) in [6.45, 7) is 1.45. The zero-order chi connectivity index (χ0) is 22.7. The number of amides is 1. The zero-order valence-electron chi connectivity index (χ0n) is 17.9. The normalized spacial score (nSPS) is 16.6. The molecule has 0 radical (unpaired) electrons. The van der Waals surface area contributed by atoms with Crippen LogP contribution < -0.4 is 10.2 Å². The van der Waals surface area contributed by atoms with Crippen LogP contribution in [0.15, 0.2) is 40.5 Å². The maximum atomic E-state index is 13.3. The molecule has 1 saturated carbocycles. The van der Waals surface area contributed by atoms with Gasteiger partial charge >= 0.3 is 0 Å². The number of anilines is 2. The van der Waals surface area contributed by atoms with Crippen LogP contribution in [0.3, 0.4) is 0 Å². The molecule has 32 heavy (non-hydrogen) atoms. The summed E-state index contributed by atoms with van der Waals surface area (Å²) in [5.74, 6) is 1.48. The van der Waals surface area contributed by atoms with E-state index in [0.29, 0.717) is 41.9 Å². The Morgan fingerprint density at radius 3 is 2.59 bits per heavy atom. The molecule has 8 nitrogen and oxygen atoms in total. The number of sulfone groups is 1. The van der Waals surface area contributed by atoms with E-state index in [9.17, 15) is 13.2 Å². The van der Waals surface area contributed by atoms with Gasteiger partial charge in [0, 0.05) is 19.2 Å². The van der Waals surface area contributed by atoms with Gasteiger partial charge in [0.1, 0.15) is 11.5 Å². The van der Waals surface area contributed by atoms with Gasteiger partial charge in [-0.3, -0.25) is 14.7 Å². The lowest BCUT2D eigenvalue weighted by molar-refractivity contribution is -0.118. The molecule has 0 atom stereocenters. The fourth-order valence-corrected chi connectivity index (χ4v) is 5.52. The van der Waals surface area contributed by atoms with Crippen LogP contribution in [0.1, 0.15) is 44.2 Å². The van der Waals surface area contributed by atoms with Gasteiger partial charge < -0.3 is 5.32 Å². The largest absolute Gasteiger partial charge is 0.367 e. The first-order valence-corrected chi connectivity index (χ1v) is 13.0.